The number of anilines is 1. The lowest BCUT2D eigenvalue weighted by Crippen LogP contribution is -2.35. The van der Waals surface area contributed by atoms with E-state index >= 15 is 0 Å². The summed E-state index contributed by atoms with van der Waals surface area (Å²) in [4.78, 5) is 29.8. The van der Waals surface area contributed by atoms with E-state index in [2.05, 4.69) is 21.7 Å². The van der Waals surface area contributed by atoms with Crippen LogP contribution >= 0.6 is 0 Å². The second-order valence-electron chi connectivity index (χ2n) is 9.78. The molecule has 3 aliphatic rings. The average molecular weight is 509 g/mol. The number of benzene rings is 1. The molecule has 1 atom stereocenters. The maximum atomic E-state index is 13.4. The number of carbonyl (C=O) groups excluding carboxylic acids is 2. The highest BCUT2D eigenvalue weighted by Crippen LogP contribution is 2.34. The number of halogens is 1. The van der Waals surface area contributed by atoms with Gasteiger partial charge in [0.25, 0.3) is 0 Å². The zero-order valence-corrected chi connectivity index (χ0v) is 21.6. The van der Waals surface area contributed by atoms with Gasteiger partial charge in [-0.25, -0.2) is 0 Å². The van der Waals surface area contributed by atoms with E-state index in [-0.39, 0.29) is 11.8 Å². The number of likely N-dealkylation sites (tertiary alicyclic amines) is 1. The molecule has 198 valence electrons. The first-order chi connectivity index (χ1) is 18.0. The number of hydrogen-bond acceptors (Lipinski definition) is 5. The molecule has 0 radical (unpaired) electrons. The van der Waals surface area contributed by atoms with Crippen molar-refractivity contribution in [2.24, 2.45) is 16.2 Å². The van der Waals surface area contributed by atoms with Gasteiger partial charge >= 0.3 is 0 Å². The number of nitrogens with two attached hydrogens (primary N) is 1. The molecule has 0 bridgehead atoms. The molecule has 1 unspecified atom stereocenters. The molecule has 1 aliphatic carbocycles. The van der Waals surface area contributed by atoms with Crippen LogP contribution in [0, 0.1) is 0 Å². The number of nitrogens with one attached hydrogen (secondary N) is 1. The molecule has 8 nitrogen and oxygen atoms in total. The summed E-state index contributed by atoms with van der Waals surface area (Å²) in [5, 5.41) is 11.0. The van der Waals surface area contributed by atoms with Crippen LogP contribution in [-0.2, 0) is 9.59 Å². The van der Waals surface area contributed by atoms with E-state index in [0.29, 0.717) is 31.5 Å². The van der Waals surface area contributed by atoms with Gasteiger partial charge in [-0.1, -0.05) is 36.4 Å². The van der Waals surface area contributed by atoms with E-state index in [1.807, 2.05) is 42.2 Å². The molecule has 37 heavy (non-hydrogen) atoms. The fraction of sp³-hybridized carbons (Fsp3) is 0.500. The smallest absolute Gasteiger partial charge is 0.249 e. The van der Waals surface area contributed by atoms with Crippen LogP contribution in [0.15, 0.2) is 51.8 Å². The molecular weight excluding hydrogens is 471 g/mol. The third kappa shape index (κ3) is 6.45. The highest BCUT2D eigenvalue weighted by atomic mass is 19.1. The number of rotatable bonds is 9. The molecule has 0 saturated carbocycles. The second-order valence-corrected chi connectivity index (χ2v) is 9.78. The third-order valence-electron chi connectivity index (χ3n) is 7.13. The Balaban J connectivity index is 1.59. The van der Waals surface area contributed by atoms with Crippen molar-refractivity contribution in [3.63, 3.8) is 0 Å². The minimum absolute atomic E-state index is 0.110. The van der Waals surface area contributed by atoms with Crippen molar-refractivity contribution in [2.45, 2.75) is 58.0 Å². The van der Waals surface area contributed by atoms with Crippen LogP contribution in [0.2, 0.25) is 0 Å². The summed E-state index contributed by atoms with van der Waals surface area (Å²) in [5.74, 6) is 5.42. The first kappa shape index (κ1) is 26.6. The average Bonchev–Trinajstić information content (AvgIpc) is 3.39. The molecule has 1 aromatic carbocycles. The van der Waals surface area contributed by atoms with Crippen LogP contribution < -0.4 is 11.2 Å². The van der Waals surface area contributed by atoms with Gasteiger partial charge in [-0.3, -0.25) is 14.0 Å². The fourth-order valence-electron chi connectivity index (χ4n) is 5.21. The standard InChI is InChI=1S/C28H37FN6O2/c1-2-13-34(16-5-12-29)28(37)24-17-23-11-10-22(18-25(23)31-26(19-24)32-33-30)20-6-8-21(9-7-20)27(36)35-14-3-4-15-35/h6,8,10-11,17-18,26,31H,2-5,7,9,12-16,19H2,1H3,(H2,30,32). The minimum Gasteiger partial charge on any atom is -0.361 e. The normalized spacial score (nSPS) is 19.5. The Labute approximate surface area is 218 Å². The predicted molar refractivity (Wildman–Crippen MR) is 144 cm³/mol. The summed E-state index contributed by atoms with van der Waals surface area (Å²) in [6.45, 7) is 4.21. The lowest BCUT2D eigenvalue weighted by molar-refractivity contribution is -0.127. The number of allylic oxidation sites excluding steroid dienone is 3. The number of fused-ring (bicyclic) bond motifs is 1. The van der Waals surface area contributed by atoms with Crippen LogP contribution in [0.25, 0.3) is 11.6 Å². The zero-order chi connectivity index (χ0) is 26.2. The summed E-state index contributed by atoms with van der Waals surface area (Å²) >= 11 is 0. The van der Waals surface area contributed by atoms with Crippen molar-refractivity contribution in [1.29, 1.82) is 0 Å². The summed E-state index contributed by atoms with van der Waals surface area (Å²) in [6.07, 6.45) is 10.5. The number of nitrogens with zero attached hydrogens (tertiary/aromatic N) is 4. The highest BCUT2D eigenvalue weighted by Gasteiger charge is 2.26. The van der Waals surface area contributed by atoms with Crippen molar-refractivity contribution >= 4 is 29.2 Å². The Kier molecular flexibility index (Phi) is 9.09. The van der Waals surface area contributed by atoms with Crippen LogP contribution in [0.1, 0.15) is 63.0 Å². The van der Waals surface area contributed by atoms with Gasteiger partial charge in [-0.15, -0.1) is 5.11 Å². The first-order valence-corrected chi connectivity index (χ1v) is 13.3. The summed E-state index contributed by atoms with van der Waals surface area (Å²) in [5.41, 5.74) is 5.39. The van der Waals surface area contributed by atoms with Crippen molar-refractivity contribution < 1.29 is 14.0 Å². The molecule has 9 heteroatoms. The molecule has 0 spiro atoms. The Bertz CT molecular complexity index is 1120. The lowest BCUT2D eigenvalue weighted by atomic mass is 9.91. The van der Waals surface area contributed by atoms with Gasteiger partial charge in [0, 0.05) is 49.4 Å². The van der Waals surface area contributed by atoms with Gasteiger partial charge in [0.05, 0.1) is 6.67 Å². The Morgan fingerprint density at radius 1 is 1.16 bits per heavy atom. The minimum atomic E-state index is -0.494. The third-order valence-corrected chi connectivity index (χ3v) is 7.13. The van der Waals surface area contributed by atoms with Crippen LogP contribution in [0.5, 0.6) is 0 Å². The van der Waals surface area contributed by atoms with E-state index < -0.39 is 12.8 Å². The van der Waals surface area contributed by atoms with Crippen molar-refractivity contribution in [2.75, 3.05) is 38.2 Å². The van der Waals surface area contributed by atoms with Crippen LogP contribution in [0.4, 0.5) is 10.1 Å². The SMILES string of the molecule is CCCN(CCCF)C(=O)C1=Cc2ccc(C3=CC=C(C(=O)N4CCCC4)CC3)cc2NC(N=NN)C1. The zero-order valence-electron chi connectivity index (χ0n) is 21.6. The maximum absolute atomic E-state index is 13.4. The Hall–Kier alpha value is -3.49. The highest BCUT2D eigenvalue weighted by molar-refractivity contribution is 5.99. The summed E-state index contributed by atoms with van der Waals surface area (Å²) in [6, 6.07) is 6.09. The Morgan fingerprint density at radius 2 is 1.97 bits per heavy atom. The van der Waals surface area contributed by atoms with Gasteiger partial charge < -0.3 is 21.0 Å². The van der Waals surface area contributed by atoms with Crippen LogP contribution in [-0.4, -0.2) is 60.6 Å². The lowest BCUT2D eigenvalue weighted by Gasteiger charge is -2.23. The van der Waals surface area contributed by atoms with Crippen LogP contribution in [0.3, 0.4) is 0 Å². The number of hydrogen-bond donors (Lipinski definition) is 2. The Morgan fingerprint density at radius 3 is 2.65 bits per heavy atom. The largest absolute Gasteiger partial charge is 0.361 e. The van der Waals surface area contributed by atoms with E-state index in [4.69, 9.17) is 5.84 Å². The van der Waals surface area contributed by atoms with Gasteiger partial charge in [0.15, 0.2) is 0 Å². The monoisotopic (exact) mass is 508 g/mol. The maximum Gasteiger partial charge on any atom is 0.249 e. The number of amides is 2. The van der Waals surface area contributed by atoms with Gasteiger partial charge in [0.1, 0.15) is 6.17 Å². The van der Waals surface area contributed by atoms with E-state index in [1.165, 1.54) is 0 Å². The van der Waals surface area contributed by atoms with Crippen molar-refractivity contribution in [1.82, 2.24) is 9.80 Å². The molecule has 2 amide bonds. The molecule has 0 aromatic heterocycles. The van der Waals surface area contributed by atoms with E-state index in [1.54, 1.807) is 4.90 Å². The quantitative estimate of drug-likeness (QED) is 0.282. The van der Waals surface area contributed by atoms with Crippen molar-refractivity contribution in [3.05, 3.63) is 52.6 Å². The van der Waals surface area contributed by atoms with Gasteiger partial charge in [-0.2, -0.15) is 0 Å². The number of carbonyl (C=O) groups is 2. The molecule has 1 fully saturated rings. The fourth-order valence-corrected chi connectivity index (χ4v) is 5.21. The summed E-state index contributed by atoms with van der Waals surface area (Å²) in [7, 11) is 0. The molecule has 1 aromatic rings. The molecular formula is C28H37FN6O2. The molecule has 4 rings (SSSR count). The second kappa shape index (κ2) is 12.7. The molecule has 3 N–H and O–H groups in total. The first-order valence-electron chi connectivity index (χ1n) is 13.3. The van der Waals surface area contributed by atoms with E-state index in [0.717, 1.165) is 73.2 Å². The molecule has 2 heterocycles. The topological polar surface area (TPSA) is 103 Å². The predicted octanol–water partition coefficient (Wildman–Crippen LogP) is 4.86. The number of alkyl halides is 1. The summed E-state index contributed by atoms with van der Waals surface area (Å²) < 4.78 is 12.8. The molecule has 1 saturated heterocycles. The van der Waals surface area contributed by atoms with Gasteiger partial charge in [-0.05, 0) is 67.4 Å². The van der Waals surface area contributed by atoms with Gasteiger partial charge in [0.2, 0.25) is 11.8 Å². The molecule has 2 aliphatic heterocycles. The van der Waals surface area contributed by atoms with Crippen molar-refractivity contribution in [3.8, 4) is 0 Å². The van der Waals surface area contributed by atoms with E-state index in [9.17, 15) is 14.0 Å².